The van der Waals surface area contributed by atoms with Crippen molar-refractivity contribution in [3.63, 3.8) is 0 Å². The van der Waals surface area contributed by atoms with Gasteiger partial charge in [0.15, 0.2) is 0 Å². The third kappa shape index (κ3) is 2.05. The summed E-state index contributed by atoms with van der Waals surface area (Å²) in [6.45, 7) is 5.84. The van der Waals surface area contributed by atoms with E-state index in [1.807, 2.05) is 13.0 Å². The number of rotatable bonds is 4. The molecule has 0 bridgehead atoms. The van der Waals surface area contributed by atoms with Crippen LogP contribution in [-0.4, -0.2) is 10.7 Å². The third-order valence-corrected chi connectivity index (χ3v) is 3.91. The first-order valence-electron chi connectivity index (χ1n) is 6.05. The molecule has 2 atom stereocenters. The van der Waals surface area contributed by atoms with Gasteiger partial charge in [-0.25, -0.2) is 0 Å². The predicted octanol–water partition coefficient (Wildman–Crippen LogP) is 3.34. The summed E-state index contributed by atoms with van der Waals surface area (Å²) < 4.78 is 0. The fraction of sp³-hybridized carbons (Fsp3) is 0.467. The maximum Gasteiger partial charge on any atom is 0.0879 e. The lowest BCUT2D eigenvalue weighted by Gasteiger charge is -2.46. The van der Waals surface area contributed by atoms with Crippen molar-refractivity contribution in [2.45, 2.75) is 38.2 Å². The minimum Gasteiger partial charge on any atom is -0.385 e. The fourth-order valence-electron chi connectivity index (χ4n) is 2.55. The molecule has 0 aromatic heterocycles. The number of hydrogen-bond donors (Lipinski definition) is 1. The average Bonchev–Trinajstić information content (AvgIpc) is 2.28. The van der Waals surface area contributed by atoms with Crippen LogP contribution in [0.15, 0.2) is 42.5 Å². The first-order chi connectivity index (χ1) is 7.63. The monoisotopic (exact) mass is 216 g/mol. The molecule has 0 aliphatic heterocycles. The van der Waals surface area contributed by atoms with Gasteiger partial charge in [-0.2, -0.15) is 0 Å². The molecule has 0 amide bonds. The van der Waals surface area contributed by atoms with Gasteiger partial charge in [0.2, 0.25) is 0 Å². The largest absolute Gasteiger partial charge is 0.385 e. The Morgan fingerprint density at radius 2 is 2.12 bits per heavy atom. The highest BCUT2D eigenvalue weighted by atomic mass is 16.3. The van der Waals surface area contributed by atoms with Crippen LogP contribution in [0.4, 0.5) is 0 Å². The molecule has 1 fully saturated rings. The van der Waals surface area contributed by atoms with Crippen LogP contribution in [0.5, 0.6) is 0 Å². The summed E-state index contributed by atoms with van der Waals surface area (Å²) in [6, 6.07) is 10.5. The first kappa shape index (κ1) is 11.4. The molecule has 1 aromatic carbocycles. The molecule has 0 spiro atoms. The third-order valence-electron chi connectivity index (χ3n) is 3.91. The summed E-state index contributed by atoms with van der Waals surface area (Å²) in [5.41, 5.74) is 1.71. The second-order valence-electron chi connectivity index (χ2n) is 4.96. The van der Waals surface area contributed by atoms with E-state index >= 15 is 0 Å². The van der Waals surface area contributed by atoms with Gasteiger partial charge in [-0.05, 0) is 49.7 Å². The van der Waals surface area contributed by atoms with Crippen LogP contribution in [0, 0.1) is 5.92 Å². The Hall–Kier alpha value is -1.08. The lowest BCUT2D eigenvalue weighted by Crippen LogP contribution is -2.47. The SMILES string of the molecule is C=C(C)C1(O)CCC1CCc1ccccc1. The highest BCUT2D eigenvalue weighted by Gasteiger charge is 2.44. The molecule has 0 heterocycles. The molecule has 86 valence electrons. The first-order valence-corrected chi connectivity index (χ1v) is 6.05. The lowest BCUT2D eigenvalue weighted by molar-refractivity contribution is -0.0644. The Balaban J connectivity index is 1.90. The van der Waals surface area contributed by atoms with Crippen molar-refractivity contribution in [3.05, 3.63) is 48.0 Å². The molecule has 2 rings (SSSR count). The number of aliphatic hydroxyl groups is 1. The van der Waals surface area contributed by atoms with Crippen LogP contribution in [-0.2, 0) is 6.42 Å². The van der Waals surface area contributed by atoms with Crippen LogP contribution in [0.25, 0.3) is 0 Å². The van der Waals surface area contributed by atoms with Gasteiger partial charge < -0.3 is 5.11 Å². The molecule has 0 saturated heterocycles. The summed E-state index contributed by atoms with van der Waals surface area (Å²) >= 11 is 0. The van der Waals surface area contributed by atoms with Crippen LogP contribution < -0.4 is 0 Å². The summed E-state index contributed by atoms with van der Waals surface area (Å²) in [5, 5.41) is 10.3. The van der Waals surface area contributed by atoms with Crippen LogP contribution in [0.1, 0.15) is 31.7 Å². The van der Waals surface area contributed by atoms with Crippen LogP contribution in [0.3, 0.4) is 0 Å². The van der Waals surface area contributed by atoms with E-state index < -0.39 is 5.60 Å². The maximum absolute atomic E-state index is 10.3. The molecule has 1 N–H and O–H groups in total. The normalized spacial score (nSPS) is 28.5. The molecule has 1 saturated carbocycles. The summed E-state index contributed by atoms with van der Waals surface area (Å²) in [7, 11) is 0. The van der Waals surface area contributed by atoms with Gasteiger partial charge in [0.1, 0.15) is 0 Å². The minimum absolute atomic E-state index is 0.408. The van der Waals surface area contributed by atoms with Gasteiger partial charge in [0, 0.05) is 0 Å². The summed E-state index contributed by atoms with van der Waals surface area (Å²) in [4.78, 5) is 0. The molecule has 1 heteroatoms. The molecule has 16 heavy (non-hydrogen) atoms. The summed E-state index contributed by atoms with van der Waals surface area (Å²) in [6.07, 6.45) is 4.15. The van der Waals surface area contributed by atoms with Gasteiger partial charge in [-0.15, -0.1) is 0 Å². The second-order valence-corrected chi connectivity index (χ2v) is 4.96. The Morgan fingerprint density at radius 3 is 2.62 bits per heavy atom. The highest BCUT2D eigenvalue weighted by Crippen LogP contribution is 2.45. The van der Waals surface area contributed by atoms with Crippen molar-refractivity contribution in [2.24, 2.45) is 5.92 Å². The molecule has 1 aromatic rings. The van der Waals surface area contributed by atoms with Gasteiger partial charge in [0.25, 0.3) is 0 Å². The zero-order chi connectivity index (χ0) is 11.6. The second kappa shape index (κ2) is 4.42. The van der Waals surface area contributed by atoms with E-state index in [2.05, 4.69) is 30.8 Å². The smallest absolute Gasteiger partial charge is 0.0879 e. The summed E-state index contributed by atoms with van der Waals surface area (Å²) in [5.74, 6) is 0.408. The van der Waals surface area contributed by atoms with Crippen molar-refractivity contribution >= 4 is 0 Å². The molecule has 1 nitrogen and oxygen atoms in total. The highest BCUT2D eigenvalue weighted by molar-refractivity contribution is 5.19. The molecular weight excluding hydrogens is 196 g/mol. The minimum atomic E-state index is -0.575. The van der Waals surface area contributed by atoms with E-state index in [1.54, 1.807) is 0 Å². The Labute approximate surface area is 97.8 Å². The fourth-order valence-corrected chi connectivity index (χ4v) is 2.55. The molecule has 1 aliphatic carbocycles. The van der Waals surface area contributed by atoms with E-state index in [9.17, 15) is 5.11 Å². The number of benzene rings is 1. The molecule has 1 aliphatic rings. The average molecular weight is 216 g/mol. The zero-order valence-electron chi connectivity index (χ0n) is 9.95. The van der Waals surface area contributed by atoms with E-state index in [-0.39, 0.29) is 0 Å². The molecule has 2 unspecified atom stereocenters. The van der Waals surface area contributed by atoms with Crippen molar-refractivity contribution in [2.75, 3.05) is 0 Å². The van der Waals surface area contributed by atoms with E-state index in [0.717, 1.165) is 31.3 Å². The Bertz CT molecular complexity index is 368. The quantitative estimate of drug-likeness (QED) is 0.765. The van der Waals surface area contributed by atoms with Gasteiger partial charge in [-0.3, -0.25) is 0 Å². The van der Waals surface area contributed by atoms with Crippen molar-refractivity contribution in [3.8, 4) is 0 Å². The molecular formula is C15H20O. The topological polar surface area (TPSA) is 20.2 Å². The number of aryl methyl sites for hydroxylation is 1. The van der Waals surface area contributed by atoms with E-state index in [0.29, 0.717) is 5.92 Å². The Morgan fingerprint density at radius 1 is 1.44 bits per heavy atom. The van der Waals surface area contributed by atoms with Gasteiger partial charge in [-0.1, -0.05) is 36.9 Å². The van der Waals surface area contributed by atoms with Crippen molar-refractivity contribution in [1.82, 2.24) is 0 Å². The van der Waals surface area contributed by atoms with Crippen molar-refractivity contribution < 1.29 is 5.11 Å². The van der Waals surface area contributed by atoms with Gasteiger partial charge in [0.05, 0.1) is 5.60 Å². The van der Waals surface area contributed by atoms with Crippen LogP contribution in [0.2, 0.25) is 0 Å². The maximum atomic E-state index is 10.3. The molecule has 0 radical (unpaired) electrons. The van der Waals surface area contributed by atoms with E-state index in [4.69, 9.17) is 0 Å². The van der Waals surface area contributed by atoms with Gasteiger partial charge >= 0.3 is 0 Å². The number of hydrogen-bond acceptors (Lipinski definition) is 1. The van der Waals surface area contributed by atoms with Crippen LogP contribution >= 0.6 is 0 Å². The predicted molar refractivity (Wildman–Crippen MR) is 67.3 cm³/mol. The van der Waals surface area contributed by atoms with E-state index in [1.165, 1.54) is 5.56 Å². The van der Waals surface area contributed by atoms with Crippen molar-refractivity contribution in [1.29, 1.82) is 0 Å². The standard InChI is InChI=1S/C15H20O/c1-12(2)15(16)11-10-14(15)9-8-13-6-4-3-5-7-13/h3-7,14,16H,1,8-11H2,2H3. The lowest BCUT2D eigenvalue weighted by atomic mass is 9.64. The Kier molecular flexibility index (Phi) is 3.15. The zero-order valence-corrected chi connectivity index (χ0v) is 9.95.